The monoisotopic (exact) mass is 243 g/mol. The molecule has 0 fully saturated rings. The van der Waals surface area contributed by atoms with Gasteiger partial charge in [-0.2, -0.15) is 0 Å². The van der Waals surface area contributed by atoms with Gasteiger partial charge in [-0.1, -0.05) is 5.21 Å². The number of halogens is 3. The van der Waals surface area contributed by atoms with E-state index in [-0.39, 0.29) is 0 Å². The summed E-state index contributed by atoms with van der Waals surface area (Å²) >= 11 is 0. The molecule has 8 heteroatoms. The Morgan fingerprint density at radius 2 is 1.82 bits per heavy atom. The van der Waals surface area contributed by atoms with Crippen LogP contribution in [0.1, 0.15) is 10.5 Å². The number of rotatable bonds is 2. The van der Waals surface area contributed by atoms with Crippen LogP contribution in [-0.4, -0.2) is 26.1 Å². The summed E-state index contributed by atoms with van der Waals surface area (Å²) in [6, 6.07) is 0.901. The zero-order valence-corrected chi connectivity index (χ0v) is 8.06. The molecule has 0 saturated heterocycles. The molecule has 1 heterocycles. The number of carboxylic acids is 1. The molecule has 1 aromatic carbocycles. The summed E-state index contributed by atoms with van der Waals surface area (Å²) in [5.41, 5.74) is -0.863. The van der Waals surface area contributed by atoms with E-state index in [1.807, 2.05) is 0 Å². The third-order valence-electron chi connectivity index (χ3n) is 1.95. The fourth-order valence-electron chi connectivity index (χ4n) is 1.17. The number of hydrogen-bond acceptors (Lipinski definition) is 3. The molecule has 2 aromatic rings. The van der Waals surface area contributed by atoms with Crippen LogP contribution in [0.4, 0.5) is 13.2 Å². The predicted molar refractivity (Wildman–Crippen MR) is 48.2 cm³/mol. The Morgan fingerprint density at radius 3 is 2.41 bits per heavy atom. The minimum Gasteiger partial charge on any atom is -0.476 e. The van der Waals surface area contributed by atoms with Crippen LogP contribution < -0.4 is 0 Å². The van der Waals surface area contributed by atoms with E-state index in [1.54, 1.807) is 0 Å². The van der Waals surface area contributed by atoms with Crippen LogP contribution in [0.3, 0.4) is 0 Å². The maximum atomic E-state index is 13.3. The molecule has 0 amide bonds. The summed E-state index contributed by atoms with van der Waals surface area (Å²) in [4.78, 5) is 10.5. The van der Waals surface area contributed by atoms with Gasteiger partial charge in [-0.3, -0.25) is 0 Å². The zero-order valence-electron chi connectivity index (χ0n) is 8.06. The molecule has 0 spiro atoms. The number of hydrogen-bond donors (Lipinski definition) is 1. The fraction of sp³-hybridized carbons (Fsp3) is 0. The van der Waals surface area contributed by atoms with Crippen molar-refractivity contribution >= 4 is 5.97 Å². The number of aromatic nitrogens is 3. The summed E-state index contributed by atoms with van der Waals surface area (Å²) in [6.07, 6.45) is 0.887. The van der Waals surface area contributed by atoms with Gasteiger partial charge in [0.25, 0.3) is 0 Å². The van der Waals surface area contributed by atoms with Crippen molar-refractivity contribution in [3.63, 3.8) is 0 Å². The molecule has 0 aliphatic heterocycles. The highest BCUT2D eigenvalue weighted by Crippen LogP contribution is 2.17. The maximum absolute atomic E-state index is 13.3. The molecule has 0 aliphatic carbocycles. The fourth-order valence-corrected chi connectivity index (χ4v) is 1.17. The Balaban J connectivity index is 2.52. The Morgan fingerprint density at radius 1 is 1.18 bits per heavy atom. The largest absolute Gasteiger partial charge is 0.476 e. The second-order valence-corrected chi connectivity index (χ2v) is 3.07. The normalized spacial score (nSPS) is 10.5. The lowest BCUT2D eigenvalue weighted by Gasteiger charge is -2.02. The molecular weight excluding hydrogens is 239 g/mol. The predicted octanol–water partition coefficient (Wildman–Crippen LogP) is 1.38. The molecule has 0 aliphatic rings. The van der Waals surface area contributed by atoms with Crippen LogP contribution in [0, 0.1) is 17.5 Å². The quantitative estimate of drug-likeness (QED) is 0.809. The van der Waals surface area contributed by atoms with Gasteiger partial charge >= 0.3 is 5.97 Å². The number of aromatic carboxylic acids is 1. The molecule has 5 nitrogen and oxygen atoms in total. The average Bonchev–Trinajstić information content (AvgIpc) is 2.72. The van der Waals surface area contributed by atoms with E-state index in [0.29, 0.717) is 16.8 Å². The first-order valence-electron chi connectivity index (χ1n) is 4.29. The standard InChI is InChI=1S/C9H4F3N3O2/c10-4-1-6(12)8(2-5(4)11)15-3-7(9(16)17)13-14-15/h1-3H,(H,16,17). The summed E-state index contributed by atoms with van der Waals surface area (Å²) in [5, 5.41) is 15.1. The van der Waals surface area contributed by atoms with Crippen molar-refractivity contribution in [2.75, 3.05) is 0 Å². The Hall–Kier alpha value is -2.38. The van der Waals surface area contributed by atoms with E-state index >= 15 is 0 Å². The van der Waals surface area contributed by atoms with E-state index < -0.39 is 34.8 Å². The van der Waals surface area contributed by atoms with Crippen molar-refractivity contribution in [1.29, 1.82) is 0 Å². The van der Waals surface area contributed by atoms with Gasteiger partial charge in [-0.15, -0.1) is 5.10 Å². The first-order valence-corrected chi connectivity index (χ1v) is 4.29. The lowest BCUT2D eigenvalue weighted by atomic mass is 10.3. The van der Waals surface area contributed by atoms with Crippen molar-refractivity contribution < 1.29 is 23.1 Å². The molecule has 17 heavy (non-hydrogen) atoms. The highest BCUT2D eigenvalue weighted by molar-refractivity contribution is 5.84. The van der Waals surface area contributed by atoms with Crippen LogP contribution in [0.25, 0.3) is 5.69 Å². The lowest BCUT2D eigenvalue weighted by Crippen LogP contribution is -2.01. The lowest BCUT2D eigenvalue weighted by molar-refractivity contribution is 0.0690. The molecule has 0 saturated carbocycles. The minimum atomic E-state index is -1.36. The first kappa shape index (κ1) is 11.1. The molecule has 2 rings (SSSR count). The highest BCUT2D eigenvalue weighted by atomic mass is 19.2. The summed E-state index contributed by atoms with van der Waals surface area (Å²) in [6.45, 7) is 0. The van der Waals surface area contributed by atoms with Crippen molar-refractivity contribution in [1.82, 2.24) is 15.0 Å². The van der Waals surface area contributed by atoms with E-state index in [0.717, 1.165) is 6.20 Å². The third kappa shape index (κ3) is 1.96. The van der Waals surface area contributed by atoms with Crippen LogP contribution in [0.2, 0.25) is 0 Å². The molecule has 0 unspecified atom stereocenters. The molecule has 0 atom stereocenters. The van der Waals surface area contributed by atoms with E-state index in [9.17, 15) is 18.0 Å². The highest BCUT2D eigenvalue weighted by Gasteiger charge is 2.15. The maximum Gasteiger partial charge on any atom is 0.358 e. The van der Waals surface area contributed by atoms with Gasteiger partial charge in [0.1, 0.15) is 5.69 Å². The van der Waals surface area contributed by atoms with Gasteiger partial charge in [0.2, 0.25) is 0 Å². The molecule has 1 N–H and O–H groups in total. The number of carbonyl (C=O) groups is 1. The number of benzene rings is 1. The zero-order chi connectivity index (χ0) is 12.6. The van der Waals surface area contributed by atoms with Gasteiger partial charge in [0.15, 0.2) is 23.1 Å². The second-order valence-electron chi connectivity index (χ2n) is 3.07. The van der Waals surface area contributed by atoms with Crippen molar-refractivity contribution in [2.45, 2.75) is 0 Å². The summed E-state index contributed by atoms with van der Waals surface area (Å²) in [5.74, 6) is -5.05. The Kier molecular flexibility index (Phi) is 2.54. The molecule has 0 bridgehead atoms. The molecule has 0 radical (unpaired) electrons. The smallest absolute Gasteiger partial charge is 0.358 e. The summed E-state index contributed by atoms with van der Waals surface area (Å²) in [7, 11) is 0. The Bertz CT molecular complexity index is 597. The first-order chi connectivity index (χ1) is 7.99. The van der Waals surface area contributed by atoms with Gasteiger partial charge in [-0.05, 0) is 0 Å². The van der Waals surface area contributed by atoms with Gasteiger partial charge in [0, 0.05) is 12.1 Å². The van der Waals surface area contributed by atoms with Crippen LogP contribution >= 0.6 is 0 Å². The van der Waals surface area contributed by atoms with Crippen LogP contribution in [-0.2, 0) is 0 Å². The van der Waals surface area contributed by atoms with Gasteiger partial charge in [0.05, 0.1) is 6.20 Å². The van der Waals surface area contributed by atoms with Crippen molar-refractivity contribution in [2.24, 2.45) is 0 Å². The summed E-state index contributed by atoms with van der Waals surface area (Å²) < 4.78 is 39.5. The SMILES string of the molecule is O=C(O)c1cn(-c2cc(F)c(F)cc2F)nn1. The van der Waals surface area contributed by atoms with Crippen molar-refractivity contribution in [3.05, 3.63) is 41.5 Å². The van der Waals surface area contributed by atoms with Crippen LogP contribution in [0.5, 0.6) is 0 Å². The average molecular weight is 243 g/mol. The molecular formula is C9H4F3N3O2. The third-order valence-corrected chi connectivity index (χ3v) is 1.95. The number of nitrogens with zero attached hydrogens (tertiary/aromatic N) is 3. The van der Waals surface area contributed by atoms with Crippen LogP contribution in [0.15, 0.2) is 18.3 Å². The van der Waals surface area contributed by atoms with Crippen molar-refractivity contribution in [3.8, 4) is 5.69 Å². The number of carboxylic acid groups (broad SMARTS) is 1. The Labute approximate surface area is 92.1 Å². The minimum absolute atomic E-state index is 0.340. The van der Waals surface area contributed by atoms with E-state index in [4.69, 9.17) is 5.11 Å². The topological polar surface area (TPSA) is 68.0 Å². The van der Waals surface area contributed by atoms with E-state index in [2.05, 4.69) is 10.3 Å². The van der Waals surface area contributed by atoms with Gasteiger partial charge < -0.3 is 5.11 Å². The molecule has 1 aromatic heterocycles. The molecule has 88 valence electrons. The van der Waals surface area contributed by atoms with Gasteiger partial charge in [-0.25, -0.2) is 22.6 Å². The second kappa shape index (κ2) is 3.89. The van der Waals surface area contributed by atoms with E-state index in [1.165, 1.54) is 0 Å².